The summed E-state index contributed by atoms with van der Waals surface area (Å²) < 4.78 is 23.6. The zero-order valence-corrected chi connectivity index (χ0v) is 12.5. The van der Waals surface area contributed by atoms with E-state index >= 15 is 0 Å². The molecule has 1 saturated heterocycles. The number of hydrogen-bond donors (Lipinski definition) is 2. The van der Waals surface area contributed by atoms with E-state index in [2.05, 4.69) is 21.1 Å². The lowest BCUT2D eigenvalue weighted by atomic mass is 10.1. The normalized spacial score (nSPS) is 19.4. The third-order valence-corrected chi connectivity index (χ3v) is 5.31. The molecule has 1 aliphatic rings. The van der Waals surface area contributed by atoms with Crippen LogP contribution < -0.4 is 10.6 Å². The molecule has 104 valence electrons. The number of halogens is 1. The van der Waals surface area contributed by atoms with Crippen LogP contribution in [0.25, 0.3) is 0 Å². The molecular formula is C11H14BrN3O3S. The van der Waals surface area contributed by atoms with Crippen LogP contribution in [0.3, 0.4) is 0 Å². The van der Waals surface area contributed by atoms with Gasteiger partial charge in [-0.1, -0.05) is 11.2 Å². The van der Waals surface area contributed by atoms with Gasteiger partial charge in [-0.05, 0) is 28.1 Å². The van der Waals surface area contributed by atoms with E-state index in [9.17, 15) is 8.42 Å². The molecule has 0 atom stereocenters. The molecule has 0 aliphatic carbocycles. The Morgan fingerprint density at radius 1 is 1.37 bits per heavy atom. The fraction of sp³-hybridized carbons (Fsp3) is 0.364. The summed E-state index contributed by atoms with van der Waals surface area (Å²) in [4.78, 5) is 1.93. The van der Waals surface area contributed by atoms with Crippen LogP contribution in [0.4, 0.5) is 5.69 Å². The van der Waals surface area contributed by atoms with Crippen molar-refractivity contribution in [1.29, 1.82) is 0 Å². The maximum atomic E-state index is 11.4. The second-order valence-electron chi connectivity index (χ2n) is 4.26. The molecule has 0 bridgehead atoms. The van der Waals surface area contributed by atoms with E-state index in [0.29, 0.717) is 23.1 Å². The number of hydrogen-bond acceptors (Lipinski definition) is 5. The molecule has 1 aliphatic heterocycles. The number of benzene rings is 1. The average Bonchev–Trinajstić information content (AvgIpc) is 2.37. The monoisotopic (exact) mass is 347 g/mol. The van der Waals surface area contributed by atoms with Gasteiger partial charge in [-0.15, -0.1) is 0 Å². The van der Waals surface area contributed by atoms with Crippen LogP contribution in [0.2, 0.25) is 0 Å². The lowest BCUT2D eigenvalue weighted by molar-refractivity contribution is 0.318. The van der Waals surface area contributed by atoms with E-state index in [1.807, 2.05) is 17.0 Å². The van der Waals surface area contributed by atoms with E-state index in [4.69, 9.17) is 10.9 Å². The Morgan fingerprint density at radius 2 is 2.00 bits per heavy atom. The van der Waals surface area contributed by atoms with Crippen molar-refractivity contribution < 1.29 is 13.6 Å². The number of nitrogens with two attached hydrogens (primary N) is 1. The second kappa shape index (κ2) is 5.38. The van der Waals surface area contributed by atoms with E-state index in [-0.39, 0.29) is 17.3 Å². The van der Waals surface area contributed by atoms with Crippen molar-refractivity contribution in [2.45, 2.75) is 0 Å². The quantitative estimate of drug-likeness (QED) is 0.356. The number of rotatable bonds is 2. The molecule has 0 amide bonds. The predicted octanol–water partition coefficient (Wildman–Crippen LogP) is 0.778. The molecule has 19 heavy (non-hydrogen) atoms. The molecule has 0 unspecified atom stereocenters. The molecule has 1 aromatic rings. The number of amidine groups is 1. The van der Waals surface area contributed by atoms with Crippen molar-refractivity contribution in [2.75, 3.05) is 29.5 Å². The summed E-state index contributed by atoms with van der Waals surface area (Å²) in [6, 6.07) is 5.45. The third-order valence-electron chi connectivity index (χ3n) is 3.04. The molecule has 6 nitrogen and oxygen atoms in total. The van der Waals surface area contributed by atoms with E-state index in [1.165, 1.54) is 0 Å². The maximum Gasteiger partial charge on any atom is 0.173 e. The molecule has 1 heterocycles. The summed E-state index contributed by atoms with van der Waals surface area (Å²) in [7, 11) is -2.94. The summed E-state index contributed by atoms with van der Waals surface area (Å²) in [6.45, 7) is 0.814. The summed E-state index contributed by atoms with van der Waals surface area (Å²) in [5, 5.41) is 11.9. The smallest absolute Gasteiger partial charge is 0.173 e. The van der Waals surface area contributed by atoms with E-state index < -0.39 is 9.84 Å². The summed E-state index contributed by atoms with van der Waals surface area (Å²) >= 11 is 3.36. The van der Waals surface area contributed by atoms with Crippen LogP contribution in [-0.4, -0.2) is 44.1 Å². The lowest BCUT2D eigenvalue weighted by Crippen LogP contribution is -2.41. The molecule has 8 heteroatoms. The first-order chi connectivity index (χ1) is 8.94. The number of nitrogens with zero attached hydrogens (tertiary/aromatic N) is 2. The second-order valence-corrected chi connectivity index (χ2v) is 7.42. The fourth-order valence-corrected chi connectivity index (χ4v) is 3.79. The predicted molar refractivity (Wildman–Crippen MR) is 77.5 cm³/mol. The largest absolute Gasteiger partial charge is 0.409 e. The Morgan fingerprint density at radius 3 is 2.58 bits per heavy atom. The molecular weight excluding hydrogens is 334 g/mol. The van der Waals surface area contributed by atoms with Crippen molar-refractivity contribution in [3.8, 4) is 0 Å². The molecule has 0 aromatic heterocycles. The molecule has 0 spiro atoms. The maximum absolute atomic E-state index is 11.4. The Balaban J connectivity index is 2.38. The minimum Gasteiger partial charge on any atom is -0.409 e. The Labute approximate surface area is 119 Å². The first kappa shape index (κ1) is 14.1. The van der Waals surface area contributed by atoms with Gasteiger partial charge >= 0.3 is 0 Å². The summed E-state index contributed by atoms with van der Waals surface area (Å²) in [6.07, 6.45) is 0. The summed E-state index contributed by atoms with van der Waals surface area (Å²) in [5.41, 5.74) is 7.02. The topological polar surface area (TPSA) is 96.0 Å². The van der Waals surface area contributed by atoms with Gasteiger partial charge in [-0.3, -0.25) is 0 Å². The zero-order chi connectivity index (χ0) is 14.0. The molecule has 2 rings (SSSR count). The zero-order valence-electron chi connectivity index (χ0n) is 10.1. The highest BCUT2D eigenvalue weighted by Crippen LogP contribution is 2.28. The van der Waals surface area contributed by atoms with Gasteiger partial charge in [0.15, 0.2) is 15.7 Å². The Kier molecular flexibility index (Phi) is 4.00. The van der Waals surface area contributed by atoms with Crippen molar-refractivity contribution in [3.05, 3.63) is 28.2 Å². The van der Waals surface area contributed by atoms with Crippen molar-refractivity contribution in [2.24, 2.45) is 10.9 Å². The average molecular weight is 348 g/mol. The molecule has 0 saturated carbocycles. The SMILES string of the molecule is N/C(=N/O)c1c(Br)cccc1N1CCS(=O)(=O)CC1. The van der Waals surface area contributed by atoms with Gasteiger partial charge < -0.3 is 15.8 Å². The van der Waals surface area contributed by atoms with Gasteiger partial charge in [0.25, 0.3) is 0 Å². The van der Waals surface area contributed by atoms with Crippen molar-refractivity contribution >= 4 is 37.3 Å². The highest BCUT2D eigenvalue weighted by atomic mass is 79.9. The highest BCUT2D eigenvalue weighted by molar-refractivity contribution is 9.10. The molecule has 1 aromatic carbocycles. The Bertz CT molecular complexity index is 602. The van der Waals surface area contributed by atoms with Crippen LogP contribution in [0.1, 0.15) is 5.56 Å². The van der Waals surface area contributed by atoms with Gasteiger partial charge in [0.2, 0.25) is 0 Å². The minimum atomic E-state index is -2.94. The van der Waals surface area contributed by atoms with Crippen LogP contribution in [0.15, 0.2) is 27.8 Å². The molecule has 0 radical (unpaired) electrons. The number of oxime groups is 1. The van der Waals surface area contributed by atoms with Gasteiger partial charge in [0, 0.05) is 23.2 Å². The molecule has 3 N–H and O–H groups in total. The van der Waals surface area contributed by atoms with Gasteiger partial charge in [0.1, 0.15) is 0 Å². The molecule has 1 fully saturated rings. The van der Waals surface area contributed by atoms with Crippen LogP contribution in [-0.2, 0) is 9.84 Å². The van der Waals surface area contributed by atoms with Crippen LogP contribution in [0, 0.1) is 0 Å². The van der Waals surface area contributed by atoms with Gasteiger partial charge in [-0.2, -0.15) is 0 Å². The van der Waals surface area contributed by atoms with E-state index in [1.54, 1.807) is 6.07 Å². The van der Waals surface area contributed by atoms with Gasteiger partial charge in [-0.25, -0.2) is 8.42 Å². The minimum absolute atomic E-state index is 0.00379. The number of sulfone groups is 1. The van der Waals surface area contributed by atoms with Crippen molar-refractivity contribution in [3.63, 3.8) is 0 Å². The standard InChI is InChI=1S/C11H14BrN3O3S/c12-8-2-1-3-9(10(8)11(13)14-16)15-4-6-19(17,18)7-5-15/h1-3,16H,4-7H2,(H2,13,14). The van der Waals surface area contributed by atoms with Crippen molar-refractivity contribution in [1.82, 2.24) is 0 Å². The number of anilines is 1. The first-order valence-electron chi connectivity index (χ1n) is 5.66. The summed E-state index contributed by atoms with van der Waals surface area (Å²) in [5.74, 6) is 0.237. The lowest BCUT2D eigenvalue weighted by Gasteiger charge is -2.30. The highest BCUT2D eigenvalue weighted by Gasteiger charge is 2.24. The third kappa shape index (κ3) is 3.01. The van der Waals surface area contributed by atoms with Crippen LogP contribution in [0.5, 0.6) is 0 Å². The first-order valence-corrected chi connectivity index (χ1v) is 8.28. The van der Waals surface area contributed by atoms with E-state index in [0.717, 1.165) is 5.69 Å². The van der Waals surface area contributed by atoms with Crippen LogP contribution >= 0.6 is 15.9 Å². The van der Waals surface area contributed by atoms with Gasteiger partial charge in [0.05, 0.1) is 17.1 Å². The fourth-order valence-electron chi connectivity index (χ4n) is 2.03. The Hall–Kier alpha value is -1.28.